The van der Waals surface area contributed by atoms with Gasteiger partial charge in [0.05, 0.1) is 30.3 Å². The second-order valence-corrected chi connectivity index (χ2v) is 5.75. The summed E-state index contributed by atoms with van der Waals surface area (Å²) < 4.78 is 19.3. The van der Waals surface area contributed by atoms with E-state index in [4.69, 9.17) is 4.74 Å². The molecule has 0 aliphatic rings. The van der Waals surface area contributed by atoms with Gasteiger partial charge in [0.1, 0.15) is 11.9 Å². The lowest BCUT2D eigenvalue weighted by molar-refractivity contribution is -0.144. The lowest BCUT2D eigenvalue weighted by Gasteiger charge is -2.19. The van der Waals surface area contributed by atoms with Crippen LogP contribution >= 0.6 is 0 Å². The van der Waals surface area contributed by atoms with Crippen molar-refractivity contribution in [1.29, 1.82) is 0 Å². The minimum absolute atomic E-state index is 0.117. The molecule has 128 valence electrons. The summed E-state index contributed by atoms with van der Waals surface area (Å²) in [6.45, 7) is 5.36. The fraction of sp³-hybridized carbons (Fsp3) is 0.353. The molecule has 1 N–H and O–H groups in total. The average Bonchev–Trinajstić information content (AvgIpc) is 2.94. The van der Waals surface area contributed by atoms with Crippen LogP contribution in [0.3, 0.4) is 0 Å². The van der Waals surface area contributed by atoms with Crippen molar-refractivity contribution in [1.82, 2.24) is 15.1 Å². The molecule has 2 aromatic rings. The van der Waals surface area contributed by atoms with Crippen LogP contribution in [0.1, 0.15) is 29.9 Å². The van der Waals surface area contributed by atoms with Crippen molar-refractivity contribution in [3.8, 4) is 5.69 Å². The maximum atomic E-state index is 13.0. The van der Waals surface area contributed by atoms with Crippen LogP contribution in [-0.4, -0.2) is 34.8 Å². The minimum atomic E-state index is -0.740. The molecule has 7 heteroatoms. The van der Waals surface area contributed by atoms with Gasteiger partial charge >= 0.3 is 5.97 Å². The Bertz CT molecular complexity index is 738. The van der Waals surface area contributed by atoms with Gasteiger partial charge < -0.3 is 10.1 Å². The Balaban J connectivity index is 2.25. The number of methoxy groups -OCH3 is 1. The fourth-order valence-corrected chi connectivity index (χ4v) is 2.32. The van der Waals surface area contributed by atoms with Gasteiger partial charge in [-0.2, -0.15) is 5.10 Å². The number of esters is 1. The van der Waals surface area contributed by atoms with E-state index >= 15 is 0 Å². The highest BCUT2D eigenvalue weighted by molar-refractivity contribution is 5.97. The van der Waals surface area contributed by atoms with Crippen LogP contribution in [0.5, 0.6) is 0 Å². The van der Waals surface area contributed by atoms with Gasteiger partial charge in [-0.25, -0.2) is 13.9 Å². The largest absolute Gasteiger partial charge is 0.467 e. The first kappa shape index (κ1) is 17.7. The Labute approximate surface area is 139 Å². The van der Waals surface area contributed by atoms with Crippen LogP contribution < -0.4 is 5.32 Å². The molecule has 1 unspecified atom stereocenters. The van der Waals surface area contributed by atoms with Crippen LogP contribution in [0.25, 0.3) is 5.69 Å². The fourth-order valence-electron chi connectivity index (χ4n) is 2.32. The molecule has 0 radical (unpaired) electrons. The van der Waals surface area contributed by atoms with Gasteiger partial charge in [-0.05, 0) is 37.1 Å². The number of hydrogen-bond acceptors (Lipinski definition) is 4. The number of ether oxygens (including phenoxy) is 1. The van der Waals surface area contributed by atoms with Crippen molar-refractivity contribution < 1.29 is 18.7 Å². The third-order valence-corrected chi connectivity index (χ3v) is 3.73. The average molecular weight is 333 g/mol. The summed E-state index contributed by atoms with van der Waals surface area (Å²) in [5, 5.41) is 6.84. The number of rotatable bonds is 5. The molecule has 24 heavy (non-hydrogen) atoms. The molecule has 0 spiro atoms. The molecular weight excluding hydrogens is 313 g/mol. The molecule has 0 fully saturated rings. The first-order valence-corrected chi connectivity index (χ1v) is 7.54. The Morgan fingerprint density at radius 3 is 2.42 bits per heavy atom. The molecule has 2 rings (SSSR count). The molecule has 0 aliphatic heterocycles. The van der Waals surface area contributed by atoms with Crippen molar-refractivity contribution in [2.24, 2.45) is 5.92 Å². The van der Waals surface area contributed by atoms with Gasteiger partial charge in [0, 0.05) is 0 Å². The lowest BCUT2D eigenvalue weighted by Crippen LogP contribution is -2.45. The molecule has 0 bridgehead atoms. The molecule has 1 amide bonds. The highest BCUT2D eigenvalue weighted by Gasteiger charge is 2.26. The molecule has 1 aromatic carbocycles. The van der Waals surface area contributed by atoms with E-state index in [1.807, 2.05) is 13.8 Å². The standard InChI is InChI=1S/C17H20FN3O3/c1-10(2)15(17(23)24-4)20-16(22)14-9-19-21(11(14)3)13-7-5-12(18)6-8-13/h5-10,15H,1-4H3,(H,20,22). The van der Waals surface area contributed by atoms with Crippen LogP contribution in [0.4, 0.5) is 4.39 Å². The van der Waals surface area contributed by atoms with Crippen LogP contribution in [0, 0.1) is 18.7 Å². The van der Waals surface area contributed by atoms with E-state index in [-0.39, 0.29) is 11.7 Å². The van der Waals surface area contributed by atoms with Crippen LogP contribution in [0.2, 0.25) is 0 Å². The van der Waals surface area contributed by atoms with Crippen molar-refractivity contribution in [3.05, 3.63) is 47.5 Å². The maximum absolute atomic E-state index is 13.0. The molecule has 1 aromatic heterocycles. The number of hydrogen-bond donors (Lipinski definition) is 1. The predicted molar refractivity (Wildman–Crippen MR) is 86.4 cm³/mol. The summed E-state index contributed by atoms with van der Waals surface area (Å²) in [4.78, 5) is 24.2. The first-order valence-electron chi connectivity index (χ1n) is 7.54. The van der Waals surface area contributed by atoms with Gasteiger partial charge in [0.2, 0.25) is 0 Å². The van der Waals surface area contributed by atoms with Crippen molar-refractivity contribution in [2.45, 2.75) is 26.8 Å². The van der Waals surface area contributed by atoms with Gasteiger partial charge in [0.25, 0.3) is 5.91 Å². The third-order valence-electron chi connectivity index (χ3n) is 3.73. The maximum Gasteiger partial charge on any atom is 0.328 e. The number of amides is 1. The van der Waals surface area contributed by atoms with Gasteiger partial charge in [-0.3, -0.25) is 4.79 Å². The number of carbonyl (C=O) groups excluding carboxylic acids is 2. The normalized spacial score (nSPS) is 12.1. The smallest absolute Gasteiger partial charge is 0.328 e. The summed E-state index contributed by atoms with van der Waals surface area (Å²) in [7, 11) is 1.28. The number of carbonyl (C=O) groups is 2. The summed E-state index contributed by atoms with van der Waals surface area (Å²) in [5.74, 6) is -1.37. The summed E-state index contributed by atoms with van der Waals surface area (Å²) in [5.41, 5.74) is 1.57. The van der Waals surface area contributed by atoms with Crippen LogP contribution in [0.15, 0.2) is 30.5 Å². The predicted octanol–water partition coefficient (Wildman–Crippen LogP) is 2.25. The number of benzene rings is 1. The van der Waals surface area contributed by atoms with Gasteiger partial charge in [0.15, 0.2) is 0 Å². The second-order valence-electron chi connectivity index (χ2n) is 5.75. The summed E-state index contributed by atoms with van der Waals surface area (Å²) in [6.07, 6.45) is 1.42. The number of nitrogens with one attached hydrogen (secondary N) is 1. The number of halogens is 1. The highest BCUT2D eigenvalue weighted by Crippen LogP contribution is 2.15. The van der Waals surface area contributed by atoms with Crippen molar-refractivity contribution >= 4 is 11.9 Å². The van der Waals surface area contributed by atoms with E-state index in [9.17, 15) is 14.0 Å². The topological polar surface area (TPSA) is 73.2 Å². The van der Waals surface area contributed by atoms with E-state index in [0.717, 1.165) is 0 Å². The molecule has 1 heterocycles. The summed E-state index contributed by atoms with van der Waals surface area (Å²) in [6, 6.07) is 5.05. The number of nitrogens with zero attached hydrogens (tertiary/aromatic N) is 2. The Hall–Kier alpha value is -2.70. The second kappa shape index (κ2) is 7.25. The molecule has 6 nitrogen and oxygen atoms in total. The molecule has 0 saturated carbocycles. The monoisotopic (exact) mass is 333 g/mol. The zero-order chi connectivity index (χ0) is 17.9. The van der Waals surface area contributed by atoms with E-state index < -0.39 is 17.9 Å². The zero-order valence-electron chi connectivity index (χ0n) is 14.0. The quantitative estimate of drug-likeness (QED) is 0.852. The van der Waals surface area contributed by atoms with E-state index in [2.05, 4.69) is 10.4 Å². The SMILES string of the molecule is COC(=O)C(NC(=O)c1cnn(-c2ccc(F)cc2)c1C)C(C)C. The first-order chi connectivity index (χ1) is 11.3. The molecule has 0 saturated heterocycles. The Kier molecular flexibility index (Phi) is 5.33. The number of aromatic nitrogens is 2. The highest BCUT2D eigenvalue weighted by atomic mass is 19.1. The van der Waals surface area contributed by atoms with E-state index in [1.54, 1.807) is 19.1 Å². The molecule has 1 atom stereocenters. The van der Waals surface area contributed by atoms with Crippen molar-refractivity contribution in [3.63, 3.8) is 0 Å². The van der Waals surface area contributed by atoms with E-state index in [1.165, 1.54) is 30.1 Å². The van der Waals surface area contributed by atoms with E-state index in [0.29, 0.717) is 16.9 Å². The van der Waals surface area contributed by atoms with Gasteiger partial charge in [-0.1, -0.05) is 13.8 Å². The molecular formula is C17H20FN3O3. The van der Waals surface area contributed by atoms with Crippen LogP contribution in [-0.2, 0) is 9.53 Å². The zero-order valence-corrected chi connectivity index (χ0v) is 14.0. The lowest BCUT2D eigenvalue weighted by atomic mass is 10.0. The summed E-state index contributed by atoms with van der Waals surface area (Å²) >= 11 is 0. The third kappa shape index (κ3) is 3.61. The van der Waals surface area contributed by atoms with Crippen molar-refractivity contribution in [2.75, 3.05) is 7.11 Å². The molecule has 0 aliphatic carbocycles. The van der Waals surface area contributed by atoms with Gasteiger partial charge in [-0.15, -0.1) is 0 Å². The Morgan fingerprint density at radius 1 is 1.25 bits per heavy atom. The Morgan fingerprint density at radius 2 is 1.88 bits per heavy atom. The minimum Gasteiger partial charge on any atom is -0.467 e.